The first-order chi connectivity index (χ1) is 13.9. The van der Waals surface area contributed by atoms with Crippen molar-refractivity contribution in [2.75, 3.05) is 38.2 Å². The lowest BCUT2D eigenvalue weighted by Gasteiger charge is -2.34. The number of anilines is 1. The van der Waals surface area contributed by atoms with Crippen LogP contribution >= 0.6 is 0 Å². The van der Waals surface area contributed by atoms with Gasteiger partial charge in [-0.15, -0.1) is 0 Å². The van der Waals surface area contributed by atoms with Crippen LogP contribution in [-0.4, -0.2) is 33.3 Å². The van der Waals surface area contributed by atoms with Crippen LogP contribution < -0.4 is 10.2 Å². The van der Waals surface area contributed by atoms with E-state index < -0.39 is 17.3 Å². The summed E-state index contributed by atoms with van der Waals surface area (Å²) in [6, 6.07) is 14.0. The Kier molecular flexibility index (Phi) is 6.85. The second-order valence-corrected chi connectivity index (χ2v) is 7.53. The van der Waals surface area contributed by atoms with Gasteiger partial charge >= 0.3 is 6.18 Å². The number of halogens is 3. The molecule has 6 heteroatoms. The number of aryl methyl sites for hydroxylation is 1. The second kappa shape index (κ2) is 9.18. The quantitative estimate of drug-likeness (QED) is 0.700. The van der Waals surface area contributed by atoms with Crippen molar-refractivity contribution in [3.05, 3.63) is 65.2 Å². The summed E-state index contributed by atoms with van der Waals surface area (Å²) in [5.74, 6) is 0. The van der Waals surface area contributed by atoms with E-state index in [1.54, 1.807) is 19.2 Å². The van der Waals surface area contributed by atoms with E-state index in [2.05, 4.69) is 41.4 Å². The Balaban J connectivity index is 1.71. The third-order valence-corrected chi connectivity index (χ3v) is 5.94. The molecule has 2 aromatic rings. The summed E-state index contributed by atoms with van der Waals surface area (Å²) in [5, 5.41) is 3.36. The van der Waals surface area contributed by atoms with Crippen molar-refractivity contribution < 1.29 is 17.9 Å². The summed E-state index contributed by atoms with van der Waals surface area (Å²) in [6.45, 7) is 6.06. The van der Waals surface area contributed by atoms with Crippen LogP contribution in [0, 0.1) is 0 Å². The maximum Gasteiger partial charge on any atom is 0.416 e. The van der Waals surface area contributed by atoms with E-state index in [-0.39, 0.29) is 0 Å². The topological polar surface area (TPSA) is 24.5 Å². The van der Waals surface area contributed by atoms with Gasteiger partial charge in [0.1, 0.15) is 0 Å². The van der Waals surface area contributed by atoms with Gasteiger partial charge in [-0.25, -0.2) is 0 Å². The van der Waals surface area contributed by atoms with Gasteiger partial charge in [-0.2, -0.15) is 13.2 Å². The van der Waals surface area contributed by atoms with Gasteiger partial charge < -0.3 is 15.0 Å². The smallest absolute Gasteiger partial charge is 0.374 e. The molecule has 1 unspecified atom stereocenters. The highest BCUT2D eigenvalue weighted by Crippen LogP contribution is 2.35. The van der Waals surface area contributed by atoms with Gasteiger partial charge in [0.15, 0.2) is 0 Å². The number of benzene rings is 2. The summed E-state index contributed by atoms with van der Waals surface area (Å²) in [5.41, 5.74) is 2.13. The maximum absolute atomic E-state index is 12.8. The minimum Gasteiger partial charge on any atom is -0.374 e. The van der Waals surface area contributed by atoms with Crippen molar-refractivity contribution in [3.63, 3.8) is 0 Å². The van der Waals surface area contributed by atoms with Crippen LogP contribution in [0.1, 0.15) is 36.5 Å². The molecule has 1 heterocycles. The van der Waals surface area contributed by atoms with Crippen molar-refractivity contribution in [1.29, 1.82) is 0 Å². The van der Waals surface area contributed by atoms with Crippen LogP contribution in [0.5, 0.6) is 0 Å². The highest BCUT2D eigenvalue weighted by atomic mass is 19.4. The zero-order chi connectivity index (χ0) is 20.9. The van der Waals surface area contributed by atoms with Crippen LogP contribution in [-0.2, 0) is 22.9 Å². The Morgan fingerprint density at radius 3 is 2.03 bits per heavy atom. The van der Waals surface area contributed by atoms with E-state index in [0.717, 1.165) is 55.9 Å². The first-order valence-corrected chi connectivity index (χ1v) is 10.2. The highest BCUT2D eigenvalue weighted by Gasteiger charge is 2.31. The molecule has 0 saturated carbocycles. The number of hydrogen-bond acceptors (Lipinski definition) is 3. The van der Waals surface area contributed by atoms with Crippen molar-refractivity contribution >= 4 is 5.69 Å². The van der Waals surface area contributed by atoms with Crippen molar-refractivity contribution in [2.45, 2.75) is 38.0 Å². The molecule has 0 aliphatic carbocycles. The molecule has 29 heavy (non-hydrogen) atoms. The van der Waals surface area contributed by atoms with Crippen molar-refractivity contribution in [2.24, 2.45) is 0 Å². The minimum absolute atomic E-state index is 0.454. The SMILES string of the molecule is CCC(CCc1ccc(C(F)(F)F)cc1)(OC)c1ccc(N2CCNCC2)cc1. The average molecular weight is 406 g/mol. The van der Waals surface area contributed by atoms with E-state index in [1.807, 2.05) is 0 Å². The molecule has 3 nitrogen and oxygen atoms in total. The summed E-state index contributed by atoms with van der Waals surface area (Å²) >= 11 is 0. The molecule has 0 spiro atoms. The van der Waals surface area contributed by atoms with Gasteiger partial charge in [-0.05, 0) is 54.7 Å². The Hall–Kier alpha value is -2.05. The number of nitrogens with one attached hydrogen (secondary N) is 1. The number of hydrogen-bond donors (Lipinski definition) is 1. The number of nitrogens with zero attached hydrogens (tertiary/aromatic N) is 1. The van der Waals surface area contributed by atoms with Crippen molar-refractivity contribution in [3.8, 4) is 0 Å². The molecular formula is C23H29F3N2O. The lowest BCUT2D eigenvalue weighted by atomic mass is 9.85. The molecule has 0 amide bonds. The monoisotopic (exact) mass is 406 g/mol. The Morgan fingerprint density at radius 1 is 0.931 bits per heavy atom. The third-order valence-electron chi connectivity index (χ3n) is 5.94. The maximum atomic E-state index is 12.8. The summed E-state index contributed by atoms with van der Waals surface area (Å²) < 4.78 is 44.3. The van der Waals surface area contributed by atoms with Gasteiger partial charge in [0.25, 0.3) is 0 Å². The van der Waals surface area contributed by atoms with E-state index in [1.165, 1.54) is 5.69 Å². The lowest BCUT2D eigenvalue weighted by molar-refractivity contribution is -0.137. The first-order valence-electron chi connectivity index (χ1n) is 10.2. The van der Waals surface area contributed by atoms with Gasteiger partial charge in [0.2, 0.25) is 0 Å². The van der Waals surface area contributed by atoms with E-state index in [4.69, 9.17) is 4.74 Å². The molecule has 1 fully saturated rings. The molecule has 3 rings (SSSR count). The number of rotatable bonds is 7. The summed E-state index contributed by atoms with van der Waals surface area (Å²) in [4.78, 5) is 2.36. The highest BCUT2D eigenvalue weighted by molar-refractivity contribution is 5.49. The zero-order valence-electron chi connectivity index (χ0n) is 17.1. The normalized spacial score (nSPS) is 17.2. The molecule has 1 saturated heterocycles. The third kappa shape index (κ3) is 5.11. The first kappa shape index (κ1) is 21.7. The molecular weight excluding hydrogens is 377 g/mol. The fraction of sp³-hybridized carbons (Fsp3) is 0.478. The Morgan fingerprint density at radius 2 is 1.52 bits per heavy atom. The van der Waals surface area contributed by atoms with E-state index in [0.29, 0.717) is 12.8 Å². The zero-order valence-corrected chi connectivity index (χ0v) is 17.1. The Bertz CT molecular complexity index is 762. The van der Waals surface area contributed by atoms with Gasteiger partial charge in [0, 0.05) is 39.0 Å². The fourth-order valence-electron chi connectivity index (χ4n) is 4.00. The van der Waals surface area contributed by atoms with Crippen LogP contribution in [0.2, 0.25) is 0 Å². The Labute approximate surface area is 170 Å². The second-order valence-electron chi connectivity index (χ2n) is 7.53. The van der Waals surface area contributed by atoms with Crippen LogP contribution in [0.15, 0.2) is 48.5 Å². The standard InChI is InChI=1S/C23H29F3N2O/c1-3-22(29-2,13-12-18-4-6-20(7-5-18)23(24,25)26)19-8-10-21(11-9-19)28-16-14-27-15-17-28/h4-11,27H,3,12-17H2,1-2H3. The molecule has 1 aliphatic heterocycles. The van der Waals surface area contributed by atoms with E-state index >= 15 is 0 Å². The number of methoxy groups -OCH3 is 1. The molecule has 0 aromatic heterocycles. The largest absolute Gasteiger partial charge is 0.416 e. The van der Waals surface area contributed by atoms with Gasteiger partial charge in [-0.1, -0.05) is 31.2 Å². The summed E-state index contributed by atoms with van der Waals surface area (Å²) in [7, 11) is 1.71. The number of piperazine rings is 1. The molecule has 1 aliphatic rings. The number of alkyl halides is 3. The molecule has 1 N–H and O–H groups in total. The summed E-state index contributed by atoms with van der Waals surface area (Å²) in [6.07, 6.45) is -2.15. The predicted molar refractivity (Wildman–Crippen MR) is 110 cm³/mol. The van der Waals surface area contributed by atoms with Gasteiger partial charge in [0.05, 0.1) is 11.2 Å². The molecule has 1 atom stereocenters. The van der Waals surface area contributed by atoms with Gasteiger partial charge in [-0.3, -0.25) is 0 Å². The van der Waals surface area contributed by atoms with Crippen LogP contribution in [0.4, 0.5) is 18.9 Å². The average Bonchev–Trinajstić information content (AvgIpc) is 2.75. The van der Waals surface area contributed by atoms with Crippen LogP contribution in [0.25, 0.3) is 0 Å². The minimum atomic E-state index is -4.30. The molecule has 158 valence electrons. The molecule has 0 radical (unpaired) electrons. The van der Waals surface area contributed by atoms with Crippen molar-refractivity contribution in [1.82, 2.24) is 5.32 Å². The number of ether oxygens (including phenoxy) is 1. The predicted octanol–water partition coefficient (Wildman–Crippen LogP) is 5.00. The fourth-order valence-corrected chi connectivity index (χ4v) is 4.00. The lowest BCUT2D eigenvalue weighted by Crippen LogP contribution is -2.43. The van der Waals surface area contributed by atoms with Crippen LogP contribution in [0.3, 0.4) is 0 Å². The molecule has 0 bridgehead atoms. The van der Waals surface area contributed by atoms with E-state index in [9.17, 15) is 13.2 Å². The molecule has 2 aromatic carbocycles.